The summed E-state index contributed by atoms with van der Waals surface area (Å²) in [5.41, 5.74) is 2.38. The Morgan fingerprint density at radius 1 is 1.04 bits per heavy atom. The zero-order chi connectivity index (χ0) is 19.3. The van der Waals surface area contributed by atoms with Crippen molar-refractivity contribution in [1.29, 1.82) is 0 Å². The predicted octanol–water partition coefficient (Wildman–Crippen LogP) is 3.55. The number of hydrogen-bond donors (Lipinski definition) is 1. The molecule has 5 nitrogen and oxygen atoms in total. The Bertz CT molecular complexity index is 636. The summed E-state index contributed by atoms with van der Waals surface area (Å²) in [6.45, 7) is 8.69. The van der Waals surface area contributed by atoms with Crippen molar-refractivity contribution in [1.82, 2.24) is 10.2 Å². The smallest absolute Gasteiger partial charge is 0.229 e. The maximum atomic E-state index is 12.4. The number of benzene rings is 1. The number of nitrogens with one attached hydrogen (secondary N) is 1. The van der Waals surface area contributed by atoms with Crippen LogP contribution in [0.1, 0.15) is 76.5 Å². The number of carbonyl (C=O) groups is 3. The van der Waals surface area contributed by atoms with Crippen molar-refractivity contribution in [2.24, 2.45) is 5.92 Å². The first kappa shape index (κ1) is 20.1. The summed E-state index contributed by atoms with van der Waals surface area (Å²) < 4.78 is 0. The Labute approximate surface area is 156 Å². The Balaban J connectivity index is 1.98. The highest BCUT2D eigenvalue weighted by molar-refractivity contribution is 6.02. The summed E-state index contributed by atoms with van der Waals surface area (Å²) in [5, 5.41) is 3.06. The molecule has 0 aromatic heterocycles. The van der Waals surface area contributed by atoms with Crippen molar-refractivity contribution in [3.8, 4) is 0 Å². The molecule has 2 rings (SSSR count). The van der Waals surface area contributed by atoms with E-state index in [0.717, 1.165) is 12.0 Å². The van der Waals surface area contributed by atoms with Crippen LogP contribution in [0.5, 0.6) is 0 Å². The van der Waals surface area contributed by atoms with Gasteiger partial charge in [-0.3, -0.25) is 19.3 Å². The average Bonchev–Trinajstić information content (AvgIpc) is 2.95. The van der Waals surface area contributed by atoms with Gasteiger partial charge in [-0.1, -0.05) is 52.0 Å². The molecule has 0 aliphatic carbocycles. The van der Waals surface area contributed by atoms with E-state index in [0.29, 0.717) is 5.92 Å². The van der Waals surface area contributed by atoms with Gasteiger partial charge in [0.2, 0.25) is 17.7 Å². The fraction of sp³-hybridized carbons (Fsp3) is 0.571. The second-order valence-corrected chi connectivity index (χ2v) is 7.45. The molecule has 1 aromatic rings. The quantitative estimate of drug-likeness (QED) is 0.723. The van der Waals surface area contributed by atoms with Crippen LogP contribution in [0, 0.1) is 5.92 Å². The maximum absolute atomic E-state index is 12.4. The van der Waals surface area contributed by atoms with Gasteiger partial charge in [0.1, 0.15) is 0 Å². The van der Waals surface area contributed by atoms with Crippen LogP contribution in [-0.4, -0.2) is 29.2 Å². The lowest BCUT2D eigenvalue weighted by Crippen LogP contribution is -2.36. The van der Waals surface area contributed by atoms with Crippen molar-refractivity contribution in [2.45, 2.75) is 65.3 Å². The molecule has 142 valence electrons. The molecular formula is C21H30N2O3. The summed E-state index contributed by atoms with van der Waals surface area (Å²) in [6.07, 6.45) is 1.76. The number of nitrogens with zero attached hydrogens (tertiary/aromatic N) is 1. The predicted molar refractivity (Wildman–Crippen MR) is 101 cm³/mol. The first-order chi connectivity index (χ1) is 12.3. The molecular weight excluding hydrogens is 328 g/mol. The van der Waals surface area contributed by atoms with E-state index in [1.807, 2.05) is 0 Å². The highest BCUT2D eigenvalue weighted by Gasteiger charge is 2.29. The van der Waals surface area contributed by atoms with E-state index >= 15 is 0 Å². The van der Waals surface area contributed by atoms with Gasteiger partial charge in [0.25, 0.3) is 0 Å². The van der Waals surface area contributed by atoms with Crippen molar-refractivity contribution in [3.63, 3.8) is 0 Å². The van der Waals surface area contributed by atoms with Crippen molar-refractivity contribution < 1.29 is 14.4 Å². The van der Waals surface area contributed by atoms with Gasteiger partial charge in [-0.05, 0) is 29.4 Å². The SMILES string of the molecule is CCC(C)c1ccc(C(NC(=O)CCN2C(=O)CCC2=O)C(C)C)cc1. The van der Waals surface area contributed by atoms with Gasteiger partial charge in [0.15, 0.2) is 0 Å². The topological polar surface area (TPSA) is 66.5 Å². The monoisotopic (exact) mass is 358 g/mol. The fourth-order valence-corrected chi connectivity index (χ4v) is 3.23. The van der Waals surface area contributed by atoms with E-state index in [1.54, 1.807) is 0 Å². The van der Waals surface area contributed by atoms with E-state index < -0.39 is 0 Å². The second-order valence-electron chi connectivity index (χ2n) is 7.45. The van der Waals surface area contributed by atoms with Gasteiger partial charge in [-0.15, -0.1) is 0 Å². The van der Waals surface area contributed by atoms with Gasteiger partial charge in [0, 0.05) is 25.8 Å². The number of hydrogen-bond acceptors (Lipinski definition) is 3. The molecule has 1 saturated heterocycles. The zero-order valence-corrected chi connectivity index (χ0v) is 16.2. The van der Waals surface area contributed by atoms with Gasteiger partial charge >= 0.3 is 0 Å². The second kappa shape index (κ2) is 8.97. The van der Waals surface area contributed by atoms with Gasteiger partial charge in [0.05, 0.1) is 6.04 Å². The number of rotatable bonds is 8. The van der Waals surface area contributed by atoms with Crippen LogP contribution in [0.4, 0.5) is 0 Å². The first-order valence-electron chi connectivity index (χ1n) is 9.55. The highest BCUT2D eigenvalue weighted by Crippen LogP contribution is 2.25. The van der Waals surface area contributed by atoms with Gasteiger partial charge in [-0.2, -0.15) is 0 Å². The van der Waals surface area contributed by atoms with Crippen molar-refractivity contribution >= 4 is 17.7 Å². The molecule has 2 atom stereocenters. The van der Waals surface area contributed by atoms with Gasteiger partial charge in [-0.25, -0.2) is 0 Å². The Hall–Kier alpha value is -2.17. The molecule has 1 aliphatic heterocycles. The molecule has 1 aromatic carbocycles. The van der Waals surface area contributed by atoms with Crippen LogP contribution < -0.4 is 5.32 Å². The third-order valence-electron chi connectivity index (χ3n) is 5.18. The molecule has 5 heteroatoms. The molecule has 0 bridgehead atoms. The Morgan fingerprint density at radius 3 is 2.08 bits per heavy atom. The first-order valence-corrected chi connectivity index (χ1v) is 9.55. The van der Waals surface area contributed by atoms with Gasteiger partial charge < -0.3 is 5.32 Å². The van der Waals surface area contributed by atoms with Crippen molar-refractivity contribution in [2.75, 3.05) is 6.54 Å². The van der Waals surface area contributed by atoms with Crippen LogP contribution in [0.15, 0.2) is 24.3 Å². The average molecular weight is 358 g/mol. The Morgan fingerprint density at radius 2 is 1.58 bits per heavy atom. The minimum atomic E-state index is -0.177. The fourth-order valence-electron chi connectivity index (χ4n) is 3.23. The molecule has 2 unspecified atom stereocenters. The lowest BCUT2D eigenvalue weighted by atomic mass is 9.92. The van der Waals surface area contributed by atoms with E-state index in [9.17, 15) is 14.4 Å². The molecule has 1 heterocycles. The van der Waals surface area contributed by atoms with Crippen molar-refractivity contribution in [3.05, 3.63) is 35.4 Å². The summed E-state index contributed by atoms with van der Waals surface area (Å²) in [4.78, 5) is 36.8. The molecule has 1 N–H and O–H groups in total. The number of amides is 3. The standard InChI is InChI=1S/C21H30N2O3/c1-5-15(4)16-6-8-17(9-7-16)21(14(2)3)22-18(24)12-13-23-19(25)10-11-20(23)26/h6-9,14-15,21H,5,10-13H2,1-4H3,(H,22,24). The van der Waals surface area contributed by atoms with Crippen LogP contribution in [0.3, 0.4) is 0 Å². The largest absolute Gasteiger partial charge is 0.349 e. The third kappa shape index (κ3) is 4.93. The van der Waals surface area contributed by atoms with E-state index in [-0.39, 0.29) is 55.5 Å². The molecule has 26 heavy (non-hydrogen) atoms. The lowest BCUT2D eigenvalue weighted by Gasteiger charge is -2.24. The lowest BCUT2D eigenvalue weighted by molar-refractivity contribution is -0.138. The summed E-state index contributed by atoms with van der Waals surface area (Å²) in [5.74, 6) is 0.269. The maximum Gasteiger partial charge on any atom is 0.229 e. The van der Waals surface area contributed by atoms with E-state index in [1.165, 1.54) is 10.5 Å². The molecule has 0 saturated carbocycles. The summed E-state index contributed by atoms with van der Waals surface area (Å²) >= 11 is 0. The minimum absolute atomic E-state index is 0.0848. The number of likely N-dealkylation sites (tertiary alicyclic amines) is 1. The van der Waals surface area contributed by atoms with Crippen LogP contribution in [-0.2, 0) is 14.4 Å². The summed E-state index contributed by atoms with van der Waals surface area (Å²) in [6, 6.07) is 8.34. The summed E-state index contributed by atoms with van der Waals surface area (Å²) in [7, 11) is 0. The Kier molecular flexibility index (Phi) is 6.95. The molecule has 0 radical (unpaired) electrons. The number of carbonyl (C=O) groups excluding carboxylic acids is 3. The number of imide groups is 1. The normalized spacial score (nSPS) is 16.9. The van der Waals surface area contributed by atoms with Crippen LogP contribution >= 0.6 is 0 Å². The third-order valence-corrected chi connectivity index (χ3v) is 5.18. The molecule has 0 spiro atoms. The van der Waals surface area contributed by atoms with Crippen LogP contribution in [0.25, 0.3) is 0 Å². The zero-order valence-electron chi connectivity index (χ0n) is 16.2. The van der Waals surface area contributed by atoms with Crippen LogP contribution in [0.2, 0.25) is 0 Å². The molecule has 1 aliphatic rings. The highest BCUT2D eigenvalue weighted by atomic mass is 16.2. The van der Waals surface area contributed by atoms with E-state index in [4.69, 9.17) is 0 Å². The molecule has 3 amide bonds. The molecule has 1 fully saturated rings. The minimum Gasteiger partial charge on any atom is -0.349 e. The van der Waals surface area contributed by atoms with E-state index in [2.05, 4.69) is 57.3 Å².